The molecule has 0 aliphatic carbocycles. The molecule has 0 aliphatic heterocycles. The predicted molar refractivity (Wildman–Crippen MR) is 161 cm³/mol. The number of nitrogens with zero attached hydrogens (tertiary/aromatic N) is 1. The Morgan fingerprint density at radius 1 is 0.714 bits per heavy atom. The van der Waals surface area contributed by atoms with Gasteiger partial charge in [0, 0.05) is 18.0 Å². The number of carboxylic acids is 1. The Balaban J connectivity index is 0.000000399. The summed E-state index contributed by atoms with van der Waals surface area (Å²) < 4.78 is 23.0. The Kier molecular flexibility index (Phi) is 12.8. The van der Waals surface area contributed by atoms with E-state index < -0.39 is 23.2 Å². The molecule has 1 heterocycles. The molecule has 0 saturated carbocycles. The lowest BCUT2D eigenvalue weighted by molar-refractivity contribution is 0.0695. The Morgan fingerprint density at radius 3 is 1.79 bits per heavy atom. The number of pyridine rings is 1. The summed E-state index contributed by atoms with van der Waals surface area (Å²) in [4.78, 5) is 15.0. The molecular weight excluding hydrogens is 566 g/mol. The number of aromatic nitrogens is 1. The number of rotatable bonds is 11. The number of aromatic hydroxyl groups is 3. The van der Waals surface area contributed by atoms with Crippen LogP contribution in [0.5, 0.6) is 40.2 Å². The van der Waals surface area contributed by atoms with E-state index in [1.165, 1.54) is 0 Å². The summed E-state index contributed by atoms with van der Waals surface area (Å²) in [7, 11) is 0. The molecule has 0 radical (unpaired) electrons. The van der Waals surface area contributed by atoms with Crippen molar-refractivity contribution in [3.63, 3.8) is 0 Å². The lowest BCUT2D eigenvalue weighted by Crippen LogP contribution is -2.01. The van der Waals surface area contributed by atoms with E-state index >= 15 is 0 Å². The molecule has 42 heavy (non-hydrogen) atoms. The Morgan fingerprint density at radius 2 is 1.24 bits per heavy atom. The first-order valence-electron chi connectivity index (χ1n) is 13.3. The number of hydrogen-bond donors (Lipinski definition) is 4. The van der Waals surface area contributed by atoms with Crippen LogP contribution in [0.1, 0.15) is 49.3 Å². The van der Waals surface area contributed by atoms with E-state index in [0.29, 0.717) is 32.8 Å². The van der Waals surface area contributed by atoms with Gasteiger partial charge < -0.3 is 39.4 Å². The van der Waals surface area contributed by atoms with Gasteiger partial charge in [0.05, 0.1) is 37.7 Å². The summed E-state index contributed by atoms with van der Waals surface area (Å²) in [6.45, 7) is 10.3. The van der Waals surface area contributed by atoms with Crippen LogP contribution in [-0.4, -0.2) is 57.8 Å². The molecule has 0 unspecified atom stereocenters. The lowest BCUT2D eigenvalue weighted by atomic mass is 10.0. The van der Waals surface area contributed by atoms with Crippen LogP contribution < -0.4 is 18.9 Å². The van der Waals surface area contributed by atoms with Gasteiger partial charge in [-0.15, -0.1) is 12.4 Å². The molecule has 3 aromatic carbocycles. The smallest absolute Gasteiger partial charge is 0.335 e. The standard InChI is InChI=1S/C24H29NO4.C7H6O5.ClH/c1-5-26-21-10-9-17(14-22(21)27-6-2)13-20-19-16-24(29-8-4)23(28-7-3)15-18(19)11-12-25-20;8-4-1-3(7(11)12)2-5(9)6(4)10;/h9-12,14-16H,5-8,13H2,1-4H3;1-2,8-10H,(H,11,12);1H. The number of phenols is 3. The van der Waals surface area contributed by atoms with Crippen molar-refractivity contribution in [2.45, 2.75) is 34.1 Å². The van der Waals surface area contributed by atoms with Crippen LogP contribution in [0.25, 0.3) is 10.8 Å². The van der Waals surface area contributed by atoms with Crippen LogP contribution in [0.3, 0.4) is 0 Å². The summed E-state index contributed by atoms with van der Waals surface area (Å²) in [6.07, 6.45) is 2.52. The van der Waals surface area contributed by atoms with Gasteiger partial charge in [-0.25, -0.2) is 4.79 Å². The van der Waals surface area contributed by atoms with Crippen molar-refractivity contribution in [3.05, 3.63) is 71.5 Å². The molecule has 0 atom stereocenters. The zero-order valence-electron chi connectivity index (χ0n) is 23.9. The average molecular weight is 602 g/mol. The molecule has 0 bridgehead atoms. The molecule has 4 N–H and O–H groups in total. The highest BCUT2D eigenvalue weighted by atomic mass is 35.5. The first kappa shape index (κ1) is 33.6. The quantitative estimate of drug-likeness (QED) is 0.143. The molecule has 0 saturated heterocycles. The van der Waals surface area contributed by atoms with E-state index in [1.54, 1.807) is 0 Å². The van der Waals surface area contributed by atoms with E-state index in [9.17, 15) is 4.79 Å². The fraction of sp³-hybridized carbons (Fsp3) is 0.290. The first-order chi connectivity index (χ1) is 19.7. The normalized spacial score (nSPS) is 10.2. The van der Waals surface area contributed by atoms with Gasteiger partial charge in [-0.2, -0.15) is 0 Å². The fourth-order valence-electron chi connectivity index (χ4n) is 4.04. The van der Waals surface area contributed by atoms with Crippen LogP contribution in [0.2, 0.25) is 0 Å². The number of phenolic OH excluding ortho intramolecular Hbond substituents is 3. The van der Waals surface area contributed by atoms with Gasteiger partial charge in [0.25, 0.3) is 0 Å². The minimum Gasteiger partial charge on any atom is -0.504 e. The second-order valence-electron chi connectivity index (χ2n) is 8.64. The fourth-order valence-corrected chi connectivity index (χ4v) is 4.04. The van der Waals surface area contributed by atoms with Crippen LogP contribution in [-0.2, 0) is 6.42 Å². The van der Waals surface area contributed by atoms with Gasteiger partial charge in [0.1, 0.15) is 0 Å². The zero-order chi connectivity index (χ0) is 29.9. The molecule has 0 amide bonds. The highest BCUT2D eigenvalue weighted by molar-refractivity contribution is 5.89. The van der Waals surface area contributed by atoms with Gasteiger partial charge in [-0.3, -0.25) is 4.98 Å². The third-order valence-electron chi connectivity index (χ3n) is 5.81. The molecule has 0 aliphatic rings. The van der Waals surface area contributed by atoms with Crippen LogP contribution in [0, 0.1) is 0 Å². The van der Waals surface area contributed by atoms with E-state index in [2.05, 4.69) is 11.1 Å². The zero-order valence-corrected chi connectivity index (χ0v) is 24.7. The number of halogens is 1. The minimum atomic E-state index is -1.29. The molecule has 4 rings (SSSR count). The van der Waals surface area contributed by atoms with Crippen molar-refractivity contribution in [3.8, 4) is 40.2 Å². The highest BCUT2D eigenvalue weighted by Gasteiger charge is 2.14. The van der Waals surface area contributed by atoms with Crippen molar-refractivity contribution < 1.29 is 44.2 Å². The molecule has 1 aromatic heterocycles. The van der Waals surface area contributed by atoms with Gasteiger partial charge in [-0.05, 0) is 81.1 Å². The molecule has 4 aromatic rings. The average Bonchev–Trinajstić information content (AvgIpc) is 2.94. The van der Waals surface area contributed by atoms with Gasteiger partial charge in [0.15, 0.2) is 40.2 Å². The largest absolute Gasteiger partial charge is 0.504 e. The molecule has 226 valence electrons. The van der Waals surface area contributed by atoms with E-state index in [4.69, 9.17) is 39.4 Å². The molecule has 0 spiro atoms. The maximum atomic E-state index is 10.3. The van der Waals surface area contributed by atoms with Crippen molar-refractivity contribution >= 4 is 29.1 Å². The summed E-state index contributed by atoms with van der Waals surface area (Å²) in [5.41, 5.74) is 1.81. The summed E-state index contributed by atoms with van der Waals surface area (Å²) in [6, 6.07) is 13.8. The predicted octanol–water partition coefficient (Wildman–Crippen LogP) is 6.34. The Hall–Kier alpha value is -4.57. The maximum absolute atomic E-state index is 10.3. The van der Waals surface area contributed by atoms with Gasteiger partial charge >= 0.3 is 5.97 Å². The van der Waals surface area contributed by atoms with Gasteiger partial charge in [-0.1, -0.05) is 6.07 Å². The van der Waals surface area contributed by atoms with Crippen molar-refractivity contribution in [1.29, 1.82) is 0 Å². The minimum absolute atomic E-state index is 0. The molecule has 11 heteroatoms. The van der Waals surface area contributed by atoms with E-state index in [0.717, 1.165) is 57.2 Å². The summed E-state index contributed by atoms with van der Waals surface area (Å²) >= 11 is 0. The lowest BCUT2D eigenvalue weighted by Gasteiger charge is -2.15. The Labute approximate surface area is 250 Å². The second-order valence-corrected chi connectivity index (χ2v) is 8.64. The molecule has 0 fully saturated rings. The van der Waals surface area contributed by atoms with Crippen molar-refractivity contribution in [2.24, 2.45) is 0 Å². The van der Waals surface area contributed by atoms with Crippen LogP contribution in [0.15, 0.2) is 54.7 Å². The topological polar surface area (TPSA) is 148 Å². The Bertz CT molecular complexity index is 1470. The van der Waals surface area contributed by atoms with Crippen molar-refractivity contribution in [2.75, 3.05) is 26.4 Å². The number of ether oxygens (including phenoxy) is 4. The summed E-state index contributed by atoms with van der Waals surface area (Å²) in [5, 5.41) is 37.1. The highest BCUT2D eigenvalue weighted by Crippen LogP contribution is 2.36. The number of hydrogen-bond acceptors (Lipinski definition) is 9. The third-order valence-corrected chi connectivity index (χ3v) is 5.81. The summed E-state index contributed by atoms with van der Waals surface area (Å²) in [5.74, 6) is -0.290. The second kappa shape index (κ2) is 16.0. The van der Waals surface area contributed by atoms with E-state index in [-0.39, 0.29) is 18.0 Å². The van der Waals surface area contributed by atoms with Gasteiger partial charge in [0.2, 0.25) is 0 Å². The maximum Gasteiger partial charge on any atom is 0.335 e. The van der Waals surface area contributed by atoms with Crippen LogP contribution >= 0.6 is 12.4 Å². The first-order valence-corrected chi connectivity index (χ1v) is 13.3. The SMILES string of the molecule is CCOc1ccc(Cc2nccc3cc(OCC)c(OCC)cc23)cc1OCC.Cl.O=C(O)c1cc(O)c(O)c(O)c1. The number of fused-ring (bicyclic) bond motifs is 1. The number of aromatic carboxylic acids is 1. The number of carbonyl (C=O) groups is 1. The number of carboxylic acid groups (broad SMARTS) is 1. The molecule has 10 nitrogen and oxygen atoms in total. The number of benzene rings is 3. The molecular formula is C31H36ClNO9. The third kappa shape index (κ3) is 8.47. The van der Waals surface area contributed by atoms with Crippen molar-refractivity contribution in [1.82, 2.24) is 4.98 Å². The van der Waals surface area contributed by atoms with E-state index in [1.807, 2.05) is 64.2 Å². The monoisotopic (exact) mass is 601 g/mol. The van der Waals surface area contributed by atoms with Crippen LogP contribution in [0.4, 0.5) is 0 Å².